The predicted molar refractivity (Wildman–Crippen MR) is 96.8 cm³/mol. The monoisotopic (exact) mass is 404 g/mol. The zero-order valence-electron chi connectivity index (χ0n) is 15.8. The maximum Gasteiger partial charge on any atom is 0.390 e. The summed E-state index contributed by atoms with van der Waals surface area (Å²) in [7, 11) is 0. The minimum absolute atomic E-state index is 0.0509. The van der Waals surface area contributed by atoms with Crippen molar-refractivity contribution in [2.45, 2.75) is 58.2 Å². The number of hydrogen-bond acceptors (Lipinski definition) is 5. The minimum atomic E-state index is -4.30. The van der Waals surface area contributed by atoms with E-state index in [1.165, 1.54) is 25.2 Å². The summed E-state index contributed by atoms with van der Waals surface area (Å²) in [5.41, 5.74) is -1.25. The van der Waals surface area contributed by atoms with Gasteiger partial charge in [0.25, 0.3) is 5.91 Å². The summed E-state index contributed by atoms with van der Waals surface area (Å²) in [5, 5.41) is 14.5. The maximum atomic E-state index is 12.3. The predicted octanol–water partition coefficient (Wildman–Crippen LogP) is 3.56. The van der Waals surface area contributed by atoms with Gasteiger partial charge in [0.05, 0.1) is 22.7 Å². The van der Waals surface area contributed by atoms with Crippen LogP contribution >= 0.6 is 11.3 Å². The Hall–Kier alpha value is -1.78. The van der Waals surface area contributed by atoms with Gasteiger partial charge in [-0.15, -0.1) is 11.3 Å². The summed E-state index contributed by atoms with van der Waals surface area (Å²) in [6, 6.07) is 0. The molecule has 0 saturated carbocycles. The molecular formula is C17H23F3N4O2S. The second-order valence-corrected chi connectivity index (χ2v) is 8.64. The zero-order valence-corrected chi connectivity index (χ0v) is 16.6. The number of allylic oxidation sites excluding steroid dienone is 1. The fourth-order valence-corrected chi connectivity index (χ4v) is 3.33. The number of thiazole rings is 1. The molecule has 0 atom stereocenters. The Morgan fingerprint density at radius 3 is 2.44 bits per heavy atom. The van der Waals surface area contributed by atoms with Crippen LogP contribution in [0.15, 0.2) is 23.0 Å². The normalized spacial score (nSPS) is 17.1. The van der Waals surface area contributed by atoms with Crippen LogP contribution < -0.4 is 5.32 Å². The number of nitrogens with zero attached hydrogens (tertiary/aromatic N) is 3. The van der Waals surface area contributed by atoms with Gasteiger partial charge in [0.15, 0.2) is 5.84 Å². The van der Waals surface area contributed by atoms with Crippen molar-refractivity contribution < 1.29 is 23.2 Å². The van der Waals surface area contributed by atoms with Crippen LogP contribution in [0.2, 0.25) is 0 Å². The van der Waals surface area contributed by atoms with E-state index in [4.69, 9.17) is 0 Å². The molecule has 1 amide bonds. The molecule has 2 N–H and O–H groups in total. The third-order valence-electron chi connectivity index (χ3n) is 4.31. The average molecular weight is 404 g/mol. The van der Waals surface area contributed by atoms with Crippen LogP contribution in [0.5, 0.6) is 0 Å². The Bertz CT molecular complexity index is 781. The lowest BCUT2D eigenvalue weighted by Crippen LogP contribution is -2.49. The standard InChI is InChI=1S/C17H23F3N4O2S/c1-10-21-9-12(27-10)15(2,3)11-8-13(24(11)26)23-14(25)16(4,5)22-7-6-17(18,19)20/h8-9,22,26H,6-7H2,1-5H3. The van der Waals surface area contributed by atoms with Gasteiger partial charge < -0.3 is 5.32 Å². The lowest BCUT2D eigenvalue weighted by molar-refractivity contribution is -0.136. The molecule has 1 aliphatic heterocycles. The molecule has 0 bridgehead atoms. The third-order valence-corrected chi connectivity index (χ3v) is 5.55. The van der Waals surface area contributed by atoms with E-state index < -0.39 is 36.0 Å². The number of aromatic nitrogens is 1. The largest absolute Gasteiger partial charge is 0.390 e. The first-order valence-corrected chi connectivity index (χ1v) is 9.15. The van der Waals surface area contributed by atoms with E-state index in [0.29, 0.717) is 5.70 Å². The van der Waals surface area contributed by atoms with Gasteiger partial charge >= 0.3 is 6.18 Å². The Morgan fingerprint density at radius 2 is 1.96 bits per heavy atom. The second kappa shape index (κ2) is 7.33. The Morgan fingerprint density at radius 1 is 1.33 bits per heavy atom. The van der Waals surface area contributed by atoms with E-state index in [9.17, 15) is 23.2 Å². The fourth-order valence-electron chi connectivity index (χ4n) is 2.44. The molecule has 0 fully saturated rings. The van der Waals surface area contributed by atoms with Gasteiger partial charge in [-0.2, -0.15) is 18.2 Å². The molecule has 1 aromatic rings. The van der Waals surface area contributed by atoms with Crippen LogP contribution in [0, 0.1) is 6.92 Å². The molecule has 2 rings (SSSR count). The van der Waals surface area contributed by atoms with Gasteiger partial charge in [-0.3, -0.25) is 10.0 Å². The topological polar surface area (TPSA) is 77.8 Å². The van der Waals surface area contributed by atoms with Crippen LogP contribution in [0.4, 0.5) is 13.2 Å². The highest BCUT2D eigenvalue weighted by Crippen LogP contribution is 2.39. The summed E-state index contributed by atoms with van der Waals surface area (Å²) < 4.78 is 36.7. The van der Waals surface area contributed by atoms with Crippen molar-refractivity contribution >= 4 is 23.1 Å². The van der Waals surface area contributed by atoms with E-state index in [-0.39, 0.29) is 5.84 Å². The highest BCUT2D eigenvalue weighted by Gasteiger charge is 2.40. The third kappa shape index (κ3) is 4.94. The number of hydroxylamine groups is 2. The molecule has 0 saturated heterocycles. The number of aryl methyl sites for hydroxylation is 1. The molecule has 6 nitrogen and oxygen atoms in total. The van der Waals surface area contributed by atoms with Gasteiger partial charge in [-0.05, 0) is 34.6 Å². The Labute approximate surface area is 159 Å². The van der Waals surface area contributed by atoms with E-state index in [1.54, 1.807) is 12.3 Å². The van der Waals surface area contributed by atoms with Crippen LogP contribution in [-0.2, 0) is 10.2 Å². The van der Waals surface area contributed by atoms with Gasteiger partial charge in [-0.25, -0.2) is 10.0 Å². The molecule has 2 heterocycles. The number of aliphatic imine (C=N–C) groups is 1. The first-order valence-electron chi connectivity index (χ1n) is 8.33. The number of halogens is 3. The van der Waals surface area contributed by atoms with Crippen LogP contribution in [0.3, 0.4) is 0 Å². The van der Waals surface area contributed by atoms with Gasteiger partial charge in [0.2, 0.25) is 0 Å². The summed E-state index contributed by atoms with van der Waals surface area (Å²) in [4.78, 5) is 21.3. The number of amides is 1. The van der Waals surface area contributed by atoms with Crippen molar-refractivity contribution in [3.05, 3.63) is 27.9 Å². The van der Waals surface area contributed by atoms with Crippen molar-refractivity contribution in [2.24, 2.45) is 4.99 Å². The van der Waals surface area contributed by atoms with E-state index in [2.05, 4.69) is 15.3 Å². The van der Waals surface area contributed by atoms with E-state index in [1.807, 2.05) is 20.8 Å². The summed E-state index contributed by atoms with van der Waals surface area (Å²) in [5.74, 6) is -0.615. The lowest BCUT2D eigenvalue weighted by Gasteiger charge is -2.38. The van der Waals surface area contributed by atoms with E-state index >= 15 is 0 Å². The van der Waals surface area contributed by atoms with Gasteiger partial charge in [-0.1, -0.05) is 0 Å². The van der Waals surface area contributed by atoms with Crippen molar-refractivity contribution in [1.82, 2.24) is 15.4 Å². The zero-order chi connectivity index (χ0) is 20.6. The smallest absolute Gasteiger partial charge is 0.303 e. The summed E-state index contributed by atoms with van der Waals surface area (Å²) in [6.07, 6.45) is -2.02. The SMILES string of the molecule is Cc1ncc(C(C)(C)C2=CC(=NC(=O)C(C)(C)NCCC(F)(F)F)N2O)s1. The molecule has 1 aliphatic rings. The number of carbonyl (C=O) groups is 1. The summed E-state index contributed by atoms with van der Waals surface area (Å²) >= 11 is 1.51. The molecule has 0 spiro atoms. The molecule has 150 valence electrons. The molecule has 1 aromatic heterocycles. The van der Waals surface area contributed by atoms with Crippen LogP contribution in [0.1, 0.15) is 44.0 Å². The van der Waals surface area contributed by atoms with Crippen molar-refractivity contribution in [1.29, 1.82) is 0 Å². The van der Waals surface area contributed by atoms with Gasteiger partial charge in [0.1, 0.15) is 0 Å². The van der Waals surface area contributed by atoms with Crippen molar-refractivity contribution in [2.75, 3.05) is 6.54 Å². The first-order chi connectivity index (χ1) is 12.2. The Balaban J connectivity index is 2.08. The van der Waals surface area contributed by atoms with Crippen molar-refractivity contribution in [3.63, 3.8) is 0 Å². The molecule has 27 heavy (non-hydrogen) atoms. The number of amidine groups is 1. The number of hydrogen-bond donors (Lipinski definition) is 2. The molecule has 10 heteroatoms. The number of alkyl halides is 3. The van der Waals surface area contributed by atoms with Crippen LogP contribution in [0.25, 0.3) is 0 Å². The number of nitrogens with one attached hydrogen (secondary N) is 1. The lowest BCUT2D eigenvalue weighted by atomic mass is 9.84. The number of carbonyl (C=O) groups excluding carboxylic acids is 1. The quantitative estimate of drug-likeness (QED) is 0.758. The molecule has 0 unspecified atom stereocenters. The molecule has 0 aliphatic carbocycles. The maximum absolute atomic E-state index is 12.3. The van der Waals surface area contributed by atoms with Gasteiger partial charge in [0, 0.05) is 29.1 Å². The molecule has 0 radical (unpaired) electrons. The first kappa shape index (κ1) is 21.5. The van der Waals surface area contributed by atoms with Crippen molar-refractivity contribution in [3.8, 4) is 0 Å². The average Bonchev–Trinajstić information content (AvgIpc) is 2.95. The molecular weight excluding hydrogens is 381 g/mol. The fraction of sp³-hybridized carbons (Fsp3) is 0.588. The minimum Gasteiger partial charge on any atom is -0.303 e. The molecule has 0 aromatic carbocycles. The van der Waals surface area contributed by atoms with E-state index in [0.717, 1.165) is 14.9 Å². The highest BCUT2D eigenvalue weighted by atomic mass is 32.1. The second-order valence-electron chi connectivity index (χ2n) is 7.40. The summed E-state index contributed by atoms with van der Waals surface area (Å²) in [6.45, 7) is 8.21. The van der Waals surface area contributed by atoms with Crippen LogP contribution in [-0.4, -0.2) is 45.3 Å². The Kier molecular flexibility index (Phi) is 5.84. The highest BCUT2D eigenvalue weighted by molar-refractivity contribution is 7.11. The number of rotatable bonds is 6.